The standard InChI is InChI=1S/C8H7BrF2N2O/c9-5-1-4(2-7(14)13-12)8(11)6(10)3-5/h1,3H,2,12H2,(H,13,14). The topological polar surface area (TPSA) is 55.1 Å². The van der Waals surface area contributed by atoms with E-state index in [0.717, 1.165) is 6.07 Å². The van der Waals surface area contributed by atoms with Crippen molar-refractivity contribution in [1.82, 2.24) is 5.43 Å². The maximum atomic E-state index is 13.1. The highest BCUT2D eigenvalue weighted by molar-refractivity contribution is 9.10. The highest BCUT2D eigenvalue weighted by atomic mass is 79.9. The lowest BCUT2D eigenvalue weighted by Crippen LogP contribution is -2.31. The van der Waals surface area contributed by atoms with E-state index in [1.165, 1.54) is 6.07 Å². The molecule has 14 heavy (non-hydrogen) atoms. The molecule has 0 radical (unpaired) electrons. The molecular formula is C8H7BrF2N2O. The first-order valence-electron chi connectivity index (χ1n) is 3.67. The predicted octanol–water partition coefficient (Wildman–Crippen LogP) is 1.26. The zero-order chi connectivity index (χ0) is 10.7. The van der Waals surface area contributed by atoms with Crippen LogP contribution in [0.2, 0.25) is 0 Å². The molecule has 3 N–H and O–H groups in total. The van der Waals surface area contributed by atoms with E-state index in [1.54, 1.807) is 0 Å². The Morgan fingerprint density at radius 1 is 1.50 bits per heavy atom. The summed E-state index contributed by atoms with van der Waals surface area (Å²) in [5, 5.41) is 0. The van der Waals surface area contributed by atoms with Gasteiger partial charge >= 0.3 is 0 Å². The minimum Gasteiger partial charge on any atom is -0.294 e. The Bertz CT molecular complexity index is 371. The van der Waals surface area contributed by atoms with Gasteiger partial charge in [-0.05, 0) is 12.1 Å². The molecular weight excluding hydrogens is 258 g/mol. The van der Waals surface area contributed by atoms with Crippen LogP contribution in [0.25, 0.3) is 0 Å². The van der Waals surface area contributed by atoms with Gasteiger partial charge in [0.2, 0.25) is 5.91 Å². The molecule has 0 unspecified atom stereocenters. The van der Waals surface area contributed by atoms with Gasteiger partial charge in [0.1, 0.15) is 0 Å². The van der Waals surface area contributed by atoms with Gasteiger partial charge in [-0.3, -0.25) is 10.2 Å². The van der Waals surface area contributed by atoms with Gasteiger partial charge in [-0.25, -0.2) is 14.6 Å². The predicted molar refractivity (Wildman–Crippen MR) is 50.1 cm³/mol. The number of carbonyl (C=O) groups excluding carboxylic acids is 1. The Labute approximate surface area is 87.4 Å². The zero-order valence-corrected chi connectivity index (χ0v) is 8.57. The number of amides is 1. The monoisotopic (exact) mass is 264 g/mol. The van der Waals surface area contributed by atoms with Gasteiger partial charge in [0.25, 0.3) is 0 Å². The largest absolute Gasteiger partial charge is 0.294 e. The highest BCUT2D eigenvalue weighted by Crippen LogP contribution is 2.19. The summed E-state index contributed by atoms with van der Waals surface area (Å²) in [6, 6.07) is 2.31. The SMILES string of the molecule is NNC(=O)Cc1cc(Br)cc(F)c1F. The number of nitrogens with two attached hydrogens (primary N) is 1. The third-order valence-corrected chi connectivity index (χ3v) is 2.04. The molecule has 0 aromatic heterocycles. The van der Waals surface area contributed by atoms with E-state index in [0.29, 0.717) is 4.47 Å². The van der Waals surface area contributed by atoms with Crippen molar-refractivity contribution < 1.29 is 13.6 Å². The molecule has 0 spiro atoms. The van der Waals surface area contributed by atoms with Crippen molar-refractivity contribution in [3.63, 3.8) is 0 Å². The van der Waals surface area contributed by atoms with E-state index in [2.05, 4.69) is 15.9 Å². The van der Waals surface area contributed by atoms with E-state index < -0.39 is 17.5 Å². The zero-order valence-electron chi connectivity index (χ0n) is 6.98. The molecule has 6 heteroatoms. The Morgan fingerprint density at radius 3 is 2.71 bits per heavy atom. The smallest absolute Gasteiger partial charge is 0.238 e. The van der Waals surface area contributed by atoms with E-state index in [1.807, 2.05) is 5.43 Å². The van der Waals surface area contributed by atoms with Crippen molar-refractivity contribution in [3.05, 3.63) is 33.8 Å². The van der Waals surface area contributed by atoms with E-state index in [4.69, 9.17) is 5.84 Å². The molecule has 1 aromatic rings. The molecule has 1 aromatic carbocycles. The summed E-state index contributed by atoms with van der Waals surface area (Å²) in [5.41, 5.74) is 1.79. The summed E-state index contributed by atoms with van der Waals surface area (Å²) >= 11 is 2.99. The second-order valence-corrected chi connectivity index (χ2v) is 3.52. The lowest BCUT2D eigenvalue weighted by molar-refractivity contribution is -0.120. The van der Waals surface area contributed by atoms with Gasteiger partial charge in [0.05, 0.1) is 6.42 Å². The summed E-state index contributed by atoms with van der Waals surface area (Å²) in [6.07, 6.45) is -0.293. The van der Waals surface area contributed by atoms with Crippen LogP contribution in [0.4, 0.5) is 8.78 Å². The van der Waals surface area contributed by atoms with Gasteiger partial charge in [-0.1, -0.05) is 15.9 Å². The molecule has 0 heterocycles. The second kappa shape index (κ2) is 4.47. The fourth-order valence-electron chi connectivity index (χ4n) is 0.962. The molecule has 0 fully saturated rings. The minimum absolute atomic E-state index is 0.0418. The Kier molecular flexibility index (Phi) is 3.54. The van der Waals surface area contributed by atoms with Crippen molar-refractivity contribution in [2.45, 2.75) is 6.42 Å². The molecule has 76 valence electrons. The van der Waals surface area contributed by atoms with Crippen molar-refractivity contribution in [2.75, 3.05) is 0 Å². The van der Waals surface area contributed by atoms with Gasteiger partial charge < -0.3 is 0 Å². The minimum atomic E-state index is -1.03. The number of hydrogen-bond donors (Lipinski definition) is 2. The maximum absolute atomic E-state index is 13.1. The summed E-state index contributed by atoms with van der Waals surface area (Å²) in [6.45, 7) is 0. The van der Waals surface area contributed by atoms with E-state index in [-0.39, 0.29) is 12.0 Å². The van der Waals surface area contributed by atoms with Gasteiger partial charge in [0, 0.05) is 10.0 Å². The Morgan fingerprint density at radius 2 is 2.14 bits per heavy atom. The fraction of sp³-hybridized carbons (Fsp3) is 0.125. The molecule has 0 aliphatic heterocycles. The molecule has 0 bridgehead atoms. The van der Waals surface area contributed by atoms with Crippen LogP contribution in [0.3, 0.4) is 0 Å². The first kappa shape index (κ1) is 11.1. The summed E-state index contributed by atoms with van der Waals surface area (Å²) in [5.74, 6) is 2.21. The Hall–Kier alpha value is -1.01. The maximum Gasteiger partial charge on any atom is 0.238 e. The third-order valence-electron chi connectivity index (χ3n) is 1.58. The molecule has 0 saturated heterocycles. The lowest BCUT2D eigenvalue weighted by atomic mass is 10.1. The van der Waals surface area contributed by atoms with E-state index in [9.17, 15) is 13.6 Å². The summed E-state index contributed by atoms with van der Waals surface area (Å²) < 4.78 is 26.3. The van der Waals surface area contributed by atoms with Crippen LogP contribution in [0, 0.1) is 11.6 Å². The molecule has 0 saturated carbocycles. The number of benzene rings is 1. The molecule has 0 atom stereocenters. The number of rotatable bonds is 2. The summed E-state index contributed by atoms with van der Waals surface area (Å²) in [4.78, 5) is 10.8. The van der Waals surface area contributed by atoms with Crippen LogP contribution in [0.1, 0.15) is 5.56 Å². The average Bonchev–Trinajstić information content (AvgIpc) is 2.13. The summed E-state index contributed by atoms with van der Waals surface area (Å²) in [7, 11) is 0. The van der Waals surface area contributed by atoms with Crippen molar-refractivity contribution in [2.24, 2.45) is 5.84 Å². The number of hydrazine groups is 1. The number of halogens is 3. The van der Waals surface area contributed by atoms with Crippen LogP contribution >= 0.6 is 15.9 Å². The van der Waals surface area contributed by atoms with Crippen LogP contribution in [-0.2, 0) is 11.2 Å². The van der Waals surface area contributed by atoms with Gasteiger partial charge in [0.15, 0.2) is 11.6 Å². The molecule has 1 amide bonds. The number of nitrogens with one attached hydrogen (secondary N) is 1. The lowest BCUT2D eigenvalue weighted by Gasteiger charge is -2.03. The first-order valence-corrected chi connectivity index (χ1v) is 4.46. The van der Waals surface area contributed by atoms with Crippen LogP contribution in [-0.4, -0.2) is 5.91 Å². The van der Waals surface area contributed by atoms with Crippen molar-refractivity contribution in [1.29, 1.82) is 0 Å². The molecule has 1 rings (SSSR count). The normalized spacial score (nSPS) is 10.0. The van der Waals surface area contributed by atoms with Crippen LogP contribution < -0.4 is 11.3 Å². The van der Waals surface area contributed by atoms with Crippen molar-refractivity contribution in [3.8, 4) is 0 Å². The molecule has 0 aliphatic rings. The number of carbonyl (C=O) groups is 1. The van der Waals surface area contributed by atoms with E-state index >= 15 is 0 Å². The van der Waals surface area contributed by atoms with Gasteiger partial charge in [-0.2, -0.15) is 0 Å². The first-order chi connectivity index (χ1) is 6.54. The van der Waals surface area contributed by atoms with Gasteiger partial charge in [-0.15, -0.1) is 0 Å². The molecule has 0 aliphatic carbocycles. The second-order valence-electron chi connectivity index (χ2n) is 2.61. The fourth-order valence-corrected chi connectivity index (χ4v) is 1.44. The quantitative estimate of drug-likeness (QED) is 0.366. The van der Waals surface area contributed by atoms with Crippen molar-refractivity contribution >= 4 is 21.8 Å². The highest BCUT2D eigenvalue weighted by Gasteiger charge is 2.12. The average molecular weight is 265 g/mol. The van der Waals surface area contributed by atoms with Crippen LogP contribution in [0.15, 0.2) is 16.6 Å². The Balaban J connectivity index is 3.02. The number of hydrogen-bond acceptors (Lipinski definition) is 2. The third kappa shape index (κ3) is 2.49. The van der Waals surface area contributed by atoms with Crippen LogP contribution in [0.5, 0.6) is 0 Å². The molecule has 3 nitrogen and oxygen atoms in total.